The fraction of sp³-hybridized carbons (Fsp3) is 0.500. The number of carboxylic acid groups (broad SMARTS) is 1. The number of hydrogen-bond donors (Lipinski definition) is 1. The molecule has 1 aliphatic heterocycles. The van der Waals surface area contributed by atoms with Gasteiger partial charge in [0.2, 0.25) is 0 Å². The van der Waals surface area contributed by atoms with Crippen LogP contribution in [0.1, 0.15) is 37.8 Å². The summed E-state index contributed by atoms with van der Waals surface area (Å²) in [5.74, 6) is -1.03. The second-order valence-corrected chi connectivity index (χ2v) is 5.83. The van der Waals surface area contributed by atoms with Crippen LogP contribution in [0.4, 0.5) is 4.39 Å². The van der Waals surface area contributed by atoms with E-state index in [4.69, 9.17) is 5.11 Å². The highest BCUT2D eigenvalue weighted by Crippen LogP contribution is 2.34. The summed E-state index contributed by atoms with van der Waals surface area (Å²) in [5.41, 5.74) is 0.999. The third kappa shape index (κ3) is 3.34. The summed E-state index contributed by atoms with van der Waals surface area (Å²) >= 11 is 3.38. The van der Waals surface area contributed by atoms with Gasteiger partial charge in [-0.2, -0.15) is 0 Å². The van der Waals surface area contributed by atoms with E-state index in [0.29, 0.717) is 0 Å². The number of rotatable bonds is 4. The van der Waals surface area contributed by atoms with Crippen LogP contribution in [0.25, 0.3) is 0 Å². The average Bonchev–Trinajstić information content (AvgIpc) is 2.75. The normalized spacial score (nSPS) is 21.5. The molecule has 1 fully saturated rings. The third-order valence-electron chi connectivity index (χ3n) is 3.74. The molecule has 0 aromatic heterocycles. The van der Waals surface area contributed by atoms with Crippen molar-refractivity contribution in [2.75, 3.05) is 6.54 Å². The van der Waals surface area contributed by atoms with E-state index < -0.39 is 5.97 Å². The number of nitrogens with zero attached hydrogens (tertiary/aromatic N) is 1. The topological polar surface area (TPSA) is 40.5 Å². The first kappa shape index (κ1) is 14.5. The minimum atomic E-state index is -0.762. The first-order valence-electron chi connectivity index (χ1n) is 6.41. The zero-order valence-electron chi connectivity index (χ0n) is 10.8. The highest BCUT2D eigenvalue weighted by Gasteiger charge is 2.31. The molecular weight excluding hydrogens is 313 g/mol. The van der Waals surface area contributed by atoms with Gasteiger partial charge in [0.15, 0.2) is 0 Å². The maximum atomic E-state index is 13.1. The molecular formula is C14H17BrFNO2. The van der Waals surface area contributed by atoms with Gasteiger partial charge in [-0.15, -0.1) is 0 Å². The van der Waals surface area contributed by atoms with Crippen LogP contribution < -0.4 is 0 Å². The van der Waals surface area contributed by atoms with E-state index >= 15 is 0 Å². The van der Waals surface area contributed by atoms with Crippen LogP contribution in [0.2, 0.25) is 0 Å². The molecule has 3 nitrogen and oxygen atoms in total. The van der Waals surface area contributed by atoms with Gasteiger partial charge in [-0.25, -0.2) is 4.39 Å². The maximum Gasteiger partial charge on any atom is 0.304 e. The van der Waals surface area contributed by atoms with E-state index in [2.05, 4.69) is 20.8 Å². The van der Waals surface area contributed by atoms with Gasteiger partial charge in [0.05, 0.1) is 6.42 Å². The van der Waals surface area contributed by atoms with Crippen molar-refractivity contribution < 1.29 is 14.3 Å². The van der Waals surface area contributed by atoms with Crippen LogP contribution in [0.15, 0.2) is 22.7 Å². The Balaban J connectivity index is 2.18. The van der Waals surface area contributed by atoms with Crippen LogP contribution in [0, 0.1) is 5.82 Å². The van der Waals surface area contributed by atoms with Gasteiger partial charge in [0, 0.05) is 16.6 Å². The predicted molar refractivity (Wildman–Crippen MR) is 74.5 cm³/mol. The number of carbonyl (C=O) groups is 1. The second kappa shape index (κ2) is 6.01. The highest BCUT2D eigenvalue weighted by molar-refractivity contribution is 9.10. The van der Waals surface area contributed by atoms with E-state index in [0.717, 1.165) is 29.4 Å². The van der Waals surface area contributed by atoms with Gasteiger partial charge < -0.3 is 5.11 Å². The standard InChI is InChI=1S/C14H17BrFNO2/c1-9(12-5-4-10(16)7-13(12)15)17-6-2-3-11(17)8-14(18)19/h4-5,7,9,11H,2-3,6,8H2,1H3,(H,18,19). The van der Waals surface area contributed by atoms with E-state index in [9.17, 15) is 9.18 Å². The Labute approximate surface area is 120 Å². The van der Waals surface area contributed by atoms with Gasteiger partial charge in [-0.3, -0.25) is 9.69 Å². The van der Waals surface area contributed by atoms with Crippen molar-refractivity contribution >= 4 is 21.9 Å². The number of hydrogen-bond acceptors (Lipinski definition) is 2. The number of carboxylic acids is 1. The SMILES string of the molecule is CC(c1ccc(F)cc1Br)N1CCCC1CC(=O)O. The molecule has 1 N–H and O–H groups in total. The van der Waals surface area contributed by atoms with Crippen molar-refractivity contribution in [2.24, 2.45) is 0 Å². The van der Waals surface area contributed by atoms with Crippen molar-refractivity contribution in [3.05, 3.63) is 34.1 Å². The zero-order valence-corrected chi connectivity index (χ0v) is 12.4. The molecule has 0 radical (unpaired) electrons. The largest absolute Gasteiger partial charge is 0.481 e. The fourth-order valence-electron chi connectivity index (χ4n) is 2.81. The Morgan fingerprint density at radius 3 is 3.00 bits per heavy atom. The summed E-state index contributed by atoms with van der Waals surface area (Å²) in [5, 5.41) is 8.95. The Kier molecular flexibility index (Phi) is 4.58. The summed E-state index contributed by atoms with van der Waals surface area (Å²) in [6.45, 7) is 2.93. The molecule has 1 saturated heterocycles. The van der Waals surface area contributed by atoms with E-state index in [1.54, 1.807) is 6.07 Å². The lowest BCUT2D eigenvalue weighted by molar-refractivity contribution is -0.138. The van der Waals surface area contributed by atoms with Crippen molar-refractivity contribution in [3.8, 4) is 0 Å². The fourth-order valence-corrected chi connectivity index (χ4v) is 3.49. The summed E-state index contributed by atoms with van der Waals surface area (Å²) in [6.07, 6.45) is 2.10. The van der Waals surface area contributed by atoms with Gasteiger partial charge >= 0.3 is 5.97 Å². The number of likely N-dealkylation sites (tertiary alicyclic amines) is 1. The molecule has 1 heterocycles. The Bertz CT molecular complexity index is 481. The minimum absolute atomic E-state index is 0.0736. The van der Waals surface area contributed by atoms with Gasteiger partial charge in [0.25, 0.3) is 0 Å². The molecule has 2 rings (SSSR count). The smallest absolute Gasteiger partial charge is 0.304 e. The lowest BCUT2D eigenvalue weighted by Crippen LogP contribution is -2.33. The number of aliphatic carboxylic acids is 1. The molecule has 5 heteroatoms. The van der Waals surface area contributed by atoms with E-state index in [-0.39, 0.29) is 24.3 Å². The summed E-state index contributed by atoms with van der Waals surface area (Å²) < 4.78 is 13.9. The molecule has 0 saturated carbocycles. The van der Waals surface area contributed by atoms with Crippen molar-refractivity contribution in [3.63, 3.8) is 0 Å². The quantitative estimate of drug-likeness (QED) is 0.917. The number of benzene rings is 1. The molecule has 1 aromatic rings. The Hall–Kier alpha value is -0.940. The van der Waals surface area contributed by atoms with Crippen molar-refractivity contribution in [1.82, 2.24) is 4.90 Å². The minimum Gasteiger partial charge on any atom is -0.481 e. The number of halogens is 2. The van der Waals surface area contributed by atoms with Crippen LogP contribution in [0.5, 0.6) is 0 Å². The summed E-state index contributed by atoms with van der Waals surface area (Å²) in [4.78, 5) is 13.1. The first-order chi connectivity index (χ1) is 8.99. The molecule has 0 amide bonds. The summed E-state index contributed by atoms with van der Waals surface area (Å²) in [7, 11) is 0. The Morgan fingerprint density at radius 1 is 1.63 bits per heavy atom. The van der Waals surface area contributed by atoms with Crippen LogP contribution in [-0.2, 0) is 4.79 Å². The molecule has 19 heavy (non-hydrogen) atoms. The zero-order chi connectivity index (χ0) is 14.0. The monoisotopic (exact) mass is 329 g/mol. The van der Waals surface area contributed by atoms with Crippen molar-refractivity contribution in [1.29, 1.82) is 0 Å². The van der Waals surface area contributed by atoms with Crippen LogP contribution in [-0.4, -0.2) is 28.6 Å². The summed E-state index contributed by atoms with van der Waals surface area (Å²) in [6, 6.07) is 4.82. The molecule has 1 aromatic carbocycles. The molecule has 0 aliphatic carbocycles. The molecule has 0 bridgehead atoms. The molecule has 0 spiro atoms. The van der Waals surface area contributed by atoms with E-state index in [1.165, 1.54) is 12.1 Å². The van der Waals surface area contributed by atoms with Gasteiger partial charge in [0.1, 0.15) is 5.82 Å². The molecule has 2 unspecified atom stereocenters. The Morgan fingerprint density at radius 2 is 2.37 bits per heavy atom. The van der Waals surface area contributed by atoms with Crippen LogP contribution in [0.3, 0.4) is 0 Å². The predicted octanol–water partition coefficient (Wildman–Crippen LogP) is 3.59. The molecule has 104 valence electrons. The van der Waals surface area contributed by atoms with Crippen molar-refractivity contribution in [2.45, 2.75) is 38.3 Å². The van der Waals surface area contributed by atoms with Gasteiger partial charge in [-0.05, 0) is 44.0 Å². The molecule has 1 aliphatic rings. The van der Waals surface area contributed by atoms with E-state index in [1.807, 2.05) is 6.92 Å². The average molecular weight is 330 g/mol. The van der Waals surface area contributed by atoms with Gasteiger partial charge in [-0.1, -0.05) is 22.0 Å². The third-order valence-corrected chi connectivity index (χ3v) is 4.43. The van der Waals surface area contributed by atoms with Crippen LogP contribution >= 0.6 is 15.9 Å². The lowest BCUT2D eigenvalue weighted by Gasteiger charge is -2.30. The second-order valence-electron chi connectivity index (χ2n) is 4.97. The molecule has 2 atom stereocenters. The maximum absolute atomic E-state index is 13.1. The highest BCUT2D eigenvalue weighted by atomic mass is 79.9. The first-order valence-corrected chi connectivity index (χ1v) is 7.21. The lowest BCUT2D eigenvalue weighted by atomic mass is 10.0.